The summed E-state index contributed by atoms with van der Waals surface area (Å²) >= 11 is 3.38. The minimum atomic E-state index is -0.520. The van der Waals surface area contributed by atoms with Crippen molar-refractivity contribution < 1.29 is 14.3 Å². The summed E-state index contributed by atoms with van der Waals surface area (Å²) in [6, 6.07) is 0. The fraction of sp³-hybridized carbons (Fsp3) is 0.909. The topological polar surface area (TPSA) is 38.8 Å². The lowest BCUT2D eigenvalue weighted by Gasteiger charge is -2.28. The normalized spacial score (nSPS) is 11.6. The zero-order valence-corrected chi connectivity index (χ0v) is 12.2. The van der Waals surface area contributed by atoms with E-state index in [4.69, 9.17) is 9.47 Å². The maximum absolute atomic E-state index is 12.0. The largest absolute Gasteiger partial charge is 0.385 e. The van der Waals surface area contributed by atoms with Crippen molar-refractivity contribution in [3.8, 4) is 0 Å². The molecule has 96 valence electrons. The number of hydrogen-bond donors (Lipinski definition) is 0. The van der Waals surface area contributed by atoms with Crippen molar-refractivity contribution in [2.24, 2.45) is 0 Å². The van der Waals surface area contributed by atoms with E-state index in [1.807, 2.05) is 13.8 Å². The molecule has 0 heterocycles. The van der Waals surface area contributed by atoms with E-state index in [2.05, 4.69) is 15.9 Å². The van der Waals surface area contributed by atoms with E-state index >= 15 is 0 Å². The number of carbonyl (C=O) groups excluding carboxylic acids is 1. The number of nitrogens with zero attached hydrogens (tertiary/aromatic N) is 1. The van der Waals surface area contributed by atoms with Gasteiger partial charge < -0.3 is 14.4 Å². The summed E-state index contributed by atoms with van der Waals surface area (Å²) in [5.41, 5.74) is 0. The van der Waals surface area contributed by atoms with Gasteiger partial charge in [-0.05, 0) is 20.3 Å². The molecule has 0 unspecified atom stereocenters. The van der Waals surface area contributed by atoms with E-state index in [0.717, 1.165) is 6.42 Å². The van der Waals surface area contributed by atoms with Crippen LogP contribution in [0.3, 0.4) is 0 Å². The number of halogens is 1. The third kappa shape index (κ3) is 6.45. The van der Waals surface area contributed by atoms with Crippen molar-refractivity contribution in [3.63, 3.8) is 0 Å². The van der Waals surface area contributed by atoms with Crippen molar-refractivity contribution in [1.29, 1.82) is 0 Å². The van der Waals surface area contributed by atoms with Crippen LogP contribution in [0.2, 0.25) is 0 Å². The van der Waals surface area contributed by atoms with Crippen molar-refractivity contribution in [3.05, 3.63) is 0 Å². The summed E-state index contributed by atoms with van der Waals surface area (Å²) in [6.07, 6.45) is 0.842. The van der Waals surface area contributed by atoms with Gasteiger partial charge in [0.1, 0.15) is 0 Å². The molecule has 0 aliphatic carbocycles. The van der Waals surface area contributed by atoms with Crippen LogP contribution in [0, 0.1) is 0 Å². The number of ether oxygens (including phenoxy) is 2. The summed E-state index contributed by atoms with van der Waals surface area (Å²) in [6.45, 7) is 6.25. The molecule has 0 aromatic rings. The van der Waals surface area contributed by atoms with Crippen LogP contribution in [0.25, 0.3) is 0 Å². The standard InChI is InChI=1S/C11H22BrNO3/c1-11(2,12)10(14)13(7-9-16-4)6-5-8-15-3/h5-9H2,1-4H3. The Morgan fingerprint density at radius 2 is 1.75 bits per heavy atom. The molecule has 16 heavy (non-hydrogen) atoms. The summed E-state index contributed by atoms with van der Waals surface area (Å²) in [7, 11) is 3.30. The van der Waals surface area contributed by atoms with Gasteiger partial charge in [-0.2, -0.15) is 0 Å². The highest BCUT2D eigenvalue weighted by molar-refractivity contribution is 9.10. The zero-order chi connectivity index (χ0) is 12.6. The zero-order valence-electron chi connectivity index (χ0n) is 10.6. The van der Waals surface area contributed by atoms with Gasteiger partial charge in [-0.3, -0.25) is 4.79 Å². The molecule has 0 atom stereocenters. The highest BCUT2D eigenvalue weighted by atomic mass is 79.9. The average molecular weight is 296 g/mol. The highest BCUT2D eigenvalue weighted by Gasteiger charge is 2.28. The molecule has 0 saturated heterocycles. The number of alkyl halides is 1. The van der Waals surface area contributed by atoms with Crippen LogP contribution in [0.4, 0.5) is 0 Å². The molecule has 0 aromatic heterocycles. The van der Waals surface area contributed by atoms with Crippen LogP contribution in [0.15, 0.2) is 0 Å². The molecule has 0 aromatic carbocycles. The second-order valence-corrected chi connectivity index (χ2v) is 6.09. The Bertz CT molecular complexity index is 204. The van der Waals surface area contributed by atoms with E-state index < -0.39 is 4.32 Å². The Morgan fingerprint density at radius 3 is 2.19 bits per heavy atom. The molecular formula is C11H22BrNO3. The Morgan fingerprint density at radius 1 is 1.19 bits per heavy atom. The monoisotopic (exact) mass is 295 g/mol. The molecule has 5 heteroatoms. The minimum absolute atomic E-state index is 0.0839. The average Bonchev–Trinajstić information content (AvgIpc) is 2.21. The van der Waals surface area contributed by atoms with Crippen molar-refractivity contribution in [2.75, 3.05) is 40.5 Å². The molecule has 4 nitrogen and oxygen atoms in total. The highest BCUT2D eigenvalue weighted by Crippen LogP contribution is 2.19. The van der Waals surface area contributed by atoms with Gasteiger partial charge in [-0.15, -0.1) is 0 Å². The van der Waals surface area contributed by atoms with Crippen LogP contribution < -0.4 is 0 Å². The molecule has 1 amide bonds. The molecule has 0 fully saturated rings. The van der Waals surface area contributed by atoms with Gasteiger partial charge in [-0.25, -0.2) is 0 Å². The number of amides is 1. The smallest absolute Gasteiger partial charge is 0.238 e. The molecule has 0 N–H and O–H groups in total. The Hall–Kier alpha value is -0.130. The van der Waals surface area contributed by atoms with Crippen LogP contribution in [-0.2, 0) is 14.3 Å². The number of hydrogen-bond acceptors (Lipinski definition) is 3. The predicted octanol–water partition coefficient (Wildman–Crippen LogP) is 1.67. The second kappa shape index (κ2) is 8.03. The lowest BCUT2D eigenvalue weighted by atomic mass is 10.2. The Balaban J connectivity index is 4.24. The number of carbonyl (C=O) groups is 1. The second-order valence-electron chi connectivity index (χ2n) is 4.10. The molecule has 0 spiro atoms. The molecule has 0 aliphatic heterocycles. The molecule has 0 radical (unpaired) electrons. The van der Waals surface area contributed by atoms with Gasteiger partial charge >= 0.3 is 0 Å². The van der Waals surface area contributed by atoms with Gasteiger partial charge in [0.25, 0.3) is 0 Å². The van der Waals surface area contributed by atoms with Gasteiger partial charge in [0, 0.05) is 33.9 Å². The minimum Gasteiger partial charge on any atom is -0.385 e. The van der Waals surface area contributed by atoms with Crippen LogP contribution in [0.5, 0.6) is 0 Å². The number of rotatable bonds is 8. The third-order valence-electron chi connectivity index (χ3n) is 2.14. The first kappa shape index (κ1) is 15.9. The summed E-state index contributed by atoms with van der Waals surface area (Å²) < 4.78 is 9.46. The van der Waals surface area contributed by atoms with Crippen molar-refractivity contribution in [1.82, 2.24) is 4.90 Å². The molecule has 0 aliphatic rings. The maximum Gasteiger partial charge on any atom is 0.238 e. The Kier molecular flexibility index (Phi) is 7.97. The van der Waals surface area contributed by atoms with E-state index in [-0.39, 0.29) is 5.91 Å². The number of methoxy groups -OCH3 is 2. The van der Waals surface area contributed by atoms with E-state index in [0.29, 0.717) is 26.3 Å². The van der Waals surface area contributed by atoms with Crippen LogP contribution in [-0.4, -0.2) is 55.7 Å². The molecule has 0 rings (SSSR count). The fourth-order valence-corrected chi connectivity index (χ4v) is 1.54. The maximum atomic E-state index is 12.0. The SMILES string of the molecule is COCCCN(CCOC)C(=O)C(C)(C)Br. The Labute approximate surface area is 106 Å². The quantitative estimate of drug-likeness (QED) is 0.505. The van der Waals surface area contributed by atoms with Crippen molar-refractivity contribution >= 4 is 21.8 Å². The van der Waals surface area contributed by atoms with Gasteiger partial charge in [0.2, 0.25) is 5.91 Å². The summed E-state index contributed by atoms with van der Waals surface area (Å²) in [5, 5.41) is 0. The van der Waals surface area contributed by atoms with Crippen LogP contribution in [0.1, 0.15) is 20.3 Å². The molecular weight excluding hydrogens is 274 g/mol. The van der Waals surface area contributed by atoms with E-state index in [1.165, 1.54) is 0 Å². The lowest BCUT2D eigenvalue weighted by Crippen LogP contribution is -2.44. The van der Waals surface area contributed by atoms with Crippen molar-refractivity contribution in [2.45, 2.75) is 24.6 Å². The van der Waals surface area contributed by atoms with E-state index in [9.17, 15) is 4.79 Å². The molecule has 0 saturated carbocycles. The van der Waals surface area contributed by atoms with Gasteiger partial charge in [0.05, 0.1) is 10.9 Å². The predicted molar refractivity (Wildman–Crippen MR) is 68.0 cm³/mol. The van der Waals surface area contributed by atoms with E-state index in [1.54, 1.807) is 19.1 Å². The first-order chi connectivity index (χ1) is 7.43. The fourth-order valence-electron chi connectivity index (χ4n) is 1.29. The summed E-state index contributed by atoms with van der Waals surface area (Å²) in [5.74, 6) is 0.0839. The summed E-state index contributed by atoms with van der Waals surface area (Å²) in [4.78, 5) is 13.9. The first-order valence-corrected chi connectivity index (χ1v) is 6.19. The van der Waals surface area contributed by atoms with Crippen LogP contribution >= 0.6 is 15.9 Å². The van der Waals surface area contributed by atoms with Gasteiger partial charge in [0.15, 0.2) is 0 Å². The van der Waals surface area contributed by atoms with Gasteiger partial charge in [-0.1, -0.05) is 15.9 Å². The third-order valence-corrected chi connectivity index (χ3v) is 2.48. The molecule has 0 bridgehead atoms. The lowest BCUT2D eigenvalue weighted by molar-refractivity contribution is -0.133. The first-order valence-electron chi connectivity index (χ1n) is 5.39.